The van der Waals surface area contributed by atoms with Crippen LogP contribution in [0.15, 0.2) is 22.8 Å². The first kappa shape index (κ1) is 19.0. The molecule has 0 unspecified atom stereocenters. The van der Waals surface area contributed by atoms with Gasteiger partial charge in [-0.2, -0.15) is 0 Å². The highest BCUT2D eigenvalue weighted by atomic mass is 16.3. The van der Waals surface area contributed by atoms with Crippen LogP contribution in [0.1, 0.15) is 44.8 Å². The molecule has 1 N–H and O–H groups in total. The zero-order chi connectivity index (χ0) is 18.7. The molecule has 0 bridgehead atoms. The van der Waals surface area contributed by atoms with Gasteiger partial charge in [-0.15, -0.1) is 0 Å². The Kier molecular flexibility index (Phi) is 5.70. The zero-order valence-electron chi connectivity index (χ0n) is 16.2. The first-order valence-corrected chi connectivity index (χ1v) is 9.65. The van der Waals surface area contributed by atoms with Gasteiger partial charge in [0.1, 0.15) is 5.76 Å². The quantitative estimate of drug-likeness (QED) is 0.844. The lowest BCUT2D eigenvalue weighted by atomic mass is 9.75. The van der Waals surface area contributed by atoms with Crippen molar-refractivity contribution in [2.45, 2.75) is 51.1 Å². The van der Waals surface area contributed by atoms with Gasteiger partial charge >= 0.3 is 0 Å². The van der Waals surface area contributed by atoms with E-state index in [2.05, 4.69) is 31.2 Å². The summed E-state index contributed by atoms with van der Waals surface area (Å²) >= 11 is 0. The number of carbonyl (C=O) groups is 2. The second-order valence-corrected chi connectivity index (χ2v) is 8.29. The summed E-state index contributed by atoms with van der Waals surface area (Å²) in [6.45, 7) is 3.86. The van der Waals surface area contributed by atoms with Crippen LogP contribution >= 0.6 is 0 Å². The maximum Gasteiger partial charge on any atom is 0.225 e. The molecule has 2 aliphatic rings. The molecule has 0 spiro atoms. The van der Waals surface area contributed by atoms with Crippen LogP contribution in [-0.4, -0.2) is 54.3 Å². The van der Waals surface area contributed by atoms with Crippen molar-refractivity contribution < 1.29 is 14.0 Å². The van der Waals surface area contributed by atoms with E-state index in [9.17, 15) is 9.59 Å². The first-order chi connectivity index (χ1) is 12.4. The highest BCUT2D eigenvalue weighted by Crippen LogP contribution is 2.35. The lowest BCUT2D eigenvalue weighted by Gasteiger charge is -2.45. The van der Waals surface area contributed by atoms with Crippen molar-refractivity contribution in [3.8, 4) is 0 Å². The van der Waals surface area contributed by atoms with Gasteiger partial charge in [-0.25, -0.2) is 0 Å². The fraction of sp³-hybridized carbons (Fsp3) is 0.700. The van der Waals surface area contributed by atoms with Crippen molar-refractivity contribution in [1.29, 1.82) is 0 Å². The van der Waals surface area contributed by atoms with E-state index in [0.29, 0.717) is 25.6 Å². The predicted molar refractivity (Wildman–Crippen MR) is 99.3 cm³/mol. The van der Waals surface area contributed by atoms with Crippen LogP contribution in [0, 0.1) is 11.8 Å². The van der Waals surface area contributed by atoms with Crippen molar-refractivity contribution in [2.75, 3.05) is 27.2 Å². The van der Waals surface area contributed by atoms with E-state index in [4.69, 9.17) is 4.42 Å². The number of hydrogen-bond donors (Lipinski definition) is 1. The number of nitrogens with one attached hydrogen (secondary N) is 1. The fourth-order valence-corrected chi connectivity index (χ4v) is 4.44. The lowest BCUT2D eigenvalue weighted by Crippen LogP contribution is -2.55. The van der Waals surface area contributed by atoms with Crippen LogP contribution in [0.5, 0.6) is 0 Å². The molecule has 1 saturated carbocycles. The highest BCUT2D eigenvalue weighted by molar-refractivity contribution is 5.89. The average molecular weight is 361 g/mol. The molecule has 26 heavy (non-hydrogen) atoms. The smallest absolute Gasteiger partial charge is 0.225 e. The molecule has 0 radical (unpaired) electrons. The van der Waals surface area contributed by atoms with Gasteiger partial charge in [0.2, 0.25) is 11.8 Å². The maximum absolute atomic E-state index is 12.7. The van der Waals surface area contributed by atoms with Crippen LogP contribution in [0.25, 0.3) is 0 Å². The molecule has 3 atom stereocenters. The number of likely N-dealkylation sites (N-methyl/N-ethyl adjacent to an activating group) is 1. The number of rotatable bonds is 6. The predicted octanol–water partition coefficient (Wildman–Crippen LogP) is 2.25. The highest BCUT2D eigenvalue weighted by Gasteiger charge is 2.39. The standard InChI is InChI=1S/C20H31N3O3/c1-15-6-4-8-20(11-15,22(2)3)14-21-19(25)16-10-18(24)23(12-16)13-17-7-5-9-26-17/h5,7,9,15-16H,4,6,8,10-14H2,1-3H3,(H,21,25)/t15-,16-,20+/m1/s1. The summed E-state index contributed by atoms with van der Waals surface area (Å²) in [4.78, 5) is 28.9. The van der Waals surface area contributed by atoms with Crippen LogP contribution < -0.4 is 5.32 Å². The number of hydrogen-bond acceptors (Lipinski definition) is 4. The van der Waals surface area contributed by atoms with E-state index in [0.717, 1.165) is 18.6 Å². The molecule has 6 heteroatoms. The monoisotopic (exact) mass is 361 g/mol. The van der Waals surface area contributed by atoms with E-state index < -0.39 is 0 Å². The Balaban J connectivity index is 1.55. The van der Waals surface area contributed by atoms with Gasteiger partial charge < -0.3 is 19.5 Å². The minimum absolute atomic E-state index is 0.000235. The van der Waals surface area contributed by atoms with E-state index in [1.165, 1.54) is 12.8 Å². The van der Waals surface area contributed by atoms with E-state index in [1.54, 1.807) is 11.2 Å². The van der Waals surface area contributed by atoms with E-state index in [1.807, 2.05) is 12.1 Å². The Hall–Kier alpha value is -1.82. The van der Waals surface area contributed by atoms with Crippen LogP contribution in [-0.2, 0) is 16.1 Å². The van der Waals surface area contributed by atoms with Gasteiger partial charge in [-0.05, 0) is 45.0 Å². The van der Waals surface area contributed by atoms with Crippen molar-refractivity contribution in [2.24, 2.45) is 11.8 Å². The third-order valence-electron chi connectivity index (χ3n) is 6.12. The Morgan fingerprint density at radius 2 is 2.27 bits per heavy atom. The minimum Gasteiger partial charge on any atom is -0.467 e. The molecule has 6 nitrogen and oxygen atoms in total. The Morgan fingerprint density at radius 1 is 1.46 bits per heavy atom. The maximum atomic E-state index is 12.7. The van der Waals surface area contributed by atoms with Gasteiger partial charge in [0.25, 0.3) is 0 Å². The SMILES string of the molecule is C[C@@H]1CCC[C@](CNC(=O)[C@@H]2CC(=O)N(Cc3ccco3)C2)(N(C)C)C1. The van der Waals surface area contributed by atoms with Crippen LogP contribution in [0.2, 0.25) is 0 Å². The molecule has 0 aromatic carbocycles. The van der Waals surface area contributed by atoms with Gasteiger partial charge in [0, 0.05) is 25.0 Å². The number of amides is 2. The molecule has 2 heterocycles. The Labute approximate surface area is 155 Å². The summed E-state index contributed by atoms with van der Waals surface area (Å²) < 4.78 is 5.32. The second-order valence-electron chi connectivity index (χ2n) is 8.29. The summed E-state index contributed by atoms with van der Waals surface area (Å²) in [6.07, 6.45) is 6.58. The van der Waals surface area contributed by atoms with Gasteiger partial charge in [0.15, 0.2) is 0 Å². The van der Waals surface area contributed by atoms with Crippen LogP contribution in [0.4, 0.5) is 0 Å². The van der Waals surface area contributed by atoms with Gasteiger partial charge in [-0.1, -0.05) is 19.8 Å². The molecule has 1 aliphatic carbocycles. The van der Waals surface area contributed by atoms with Crippen molar-refractivity contribution in [3.63, 3.8) is 0 Å². The van der Waals surface area contributed by atoms with Gasteiger partial charge in [0.05, 0.1) is 18.7 Å². The molecule has 2 fully saturated rings. The normalized spacial score (nSPS) is 29.4. The first-order valence-electron chi connectivity index (χ1n) is 9.65. The largest absolute Gasteiger partial charge is 0.467 e. The minimum atomic E-state index is -0.266. The molecule has 3 rings (SSSR count). The summed E-state index contributed by atoms with van der Waals surface area (Å²) in [5.74, 6) is 1.19. The summed E-state index contributed by atoms with van der Waals surface area (Å²) in [5, 5.41) is 3.15. The fourth-order valence-electron chi connectivity index (χ4n) is 4.44. The average Bonchev–Trinajstić information content (AvgIpc) is 3.23. The molecule has 1 aromatic heterocycles. The zero-order valence-corrected chi connectivity index (χ0v) is 16.2. The molecule has 1 aromatic rings. The molecule has 1 aliphatic heterocycles. The van der Waals surface area contributed by atoms with Crippen molar-refractivity contribution in [1.82, 2.24) is 15.1 Å². The van der Waals surface area contributed by atoms with E-state index in [-0.39, 0.29) is 29.7 Å². The van der Waals surface area contributed by atoms with Crippen molar-refractivity contribution >= 4 is 11.8 Å². The van der Waals surface area contributed by atoms with E-state index >= 15 is 0 Å². The Morgan fingerprint density at radius 3 is 2.92 bits per heavy atom. The molecule has 1 saturated heterocycles. The second kappa shape index (κ2) is 7.82. The number of carbonyl (C=O) groups excluding carboxylic acids is 2. The number of furan rings is 1. The third kappa shape index (κ3) is 4.11. The number of likely N-dealkylation sites (tertiary alicyclic amines) is 1. The summed E-state index contributed by atoms with van der Waals surface area (Å²) in [6, 6.07) is 3.66. The third-order valence-corrected chi connectivity index (χ3v) is 6.12. The molecule has 144 valence electrons. The summed E-state index contributed by atoms with van der Waals surface area (Å²) in [5.41, 5.74) is 0.0315. The van der Waals surface area contributed by atoms with Crippen molar-refractivity contribution in [3.05, 3.63) is 24.2 Å². The molecule has 2 amide bonds. The van der Waals surface area contributed by atoms with Crippen LogP contribution in [0.3, 0.4) is 0 Å². The Bertz CT molecular complexity index is 628. The molecular weight excluding hydrogens is 330 g/mol. The summed E-state index contributed by atoms with van der Waals surface area (Å²) in [7, 11) is 4.21. The number of nitrogens with zero attached hydrogens (tertiary/aromatic N) is 2. The lowest BCUT2D eigenvalue weighted by molar-refractivity contribution is -0.129. The molecular formula is C20H31N3O3. The topological polar surface area (TPSA) is 65.8 Å². The van der Waals surface area contributed by atoms with Gasteiger partial charge in [-0.3, -0.25) is 9.59 Å².